The van der Waals surface area contributed by atoms with Gasteiger partial charge in [0.2, 0.25) is 17.7 Å². The molecule has 2 heterocycles. The molecular weight excluding hydrogens is 270 g/mol. The second-order valence-electron chi connectivity index (χ2n) is 5.42. The van der Waals surface area contributed by atoms with Gasteiger partial charge in [-0.05, 0) is 32.6 Å². The van der Waals surface area contributed by atoms with Gasteiger partial charge in [-0.3, -0.25) is 14.9 Å². The molecule has 1 aliphatic heterocycles. The molecule has 1 aromatic heterocycles. The Morgan fingerprint density at radius 3 is 2.95 bits per heavy atom. The van der Waals surface area contributed by atoms with E-state index in [9.17, 15) is 9.59 Å². The highest BCUT2D eigenvalue weighted by molar-refractivity contribution is 5.90. The Kier molecular flexibility index (Phi) is 5.36. The standard InChI is InChI=1S/C15H23N3O3/c1-3-12-11(2)17-21-15(12)16-13(19)7-6-10-18-9-5-4-8-14(18)20/h3-10H2,1-2H3,(H,16,19). The summed E-state index contributed by atoms with van der Waals surface area (Å²) in [5, 5.41) is 6.62. The number of nitrogens with zero attached hydrogens (tertiary/aromatic N) is 2. The minimum Gasteiger partial charge on any atom is -0.343 e. The van der Waals surface area contributed by atoms with Crippen LogP contribution in [-0.4, -0.2) is 35.0 Å². The topological polar surface area (TPSA) is 75.4 Å². The first kappa shape index (κ1) is 15.5. The van der Waals surface area contributed by atoms with E-state index in [1.165, 1.54) is 0 Å². The Morgan fingerprint density at radius 2 is 2.24 bits per heavy atom. The molecule has 6 nitrogen and oxygen atoms in total. The SMILES string of the molecule is CCc1c(C)noc1NC(=O)CCCN1CCCCC1=O. The maximum absolute atomic E-state index is 11.9. The van der Waals surface area contributed by atoms with E-state index in [0.717, 1.165) is 37.1 Å². The smallest absolute Gasteiger partial charge is 0.234 e. The lowest BCUT2D eigenvalue weighted by molar-refractivity contribution is -0.133. The van der Waals surface area contributed by atoms with Crippen LogP contribution in [0.25, 0.3) is 0 Å². The third-order valence-corrected chi connectivity index (χ3v) is 3.84. The summed E-state index contributed by atoms with van der Waals surface area (Å²) in [4.78, 5) is 25.4. The lowest BCUT2D eigenvalue weighted by atomic mass is 10.1. The average molecular weight is 293 g/mol. The highest BCUT2D eigenvalue weighted by atomic mass is 16.5. The number of aryl methyl sites for hydroxylation is 1. The maximum atomic E-state index is 11.9. The number of rotatable bonds is 6. The fourth-order valence-corrected chi connectivity index (χ4v) is 2.62. The molecule has 1 fully saturated rings. The summed E-state index contributed by atoms with van der Waals surface area (Å²) in [5.74, 6) is 0.570. The van der Waals surface area contributed by atoms with Gasteiger partial charge in [-0.15, -0.1) is 0 Å². The van der Waals surface area contributed by atoms with Crippen molar-refractivity contribution in [3.8, 4) is 0 Å². The van der Waals surface area contributed by atoms with Crippen molar-refractivity contribution >= 4 is 17.7 Å². The van der Waals surface area contributed by atoms with Crippen LogP contribution in [0, 0.1) is 6.92 Å². The molecule has 0 aliphatic carbocycles. The zero-order valence-corrected chi connectivity index (χ0v) is 12.8. The first-order chi connectivity index (χ1) is 10.1. The molecule has 0 radical (unpaired) electrons. The number of carbonyl (C=O) groups excluding carboxylic acids is 2. The molecule has 0 spiro atoms. The van der Waals surface area contributed by atoms with Gasteiger partial charge in [0.15, 0.2) is 0 Å². The summed E-state index contributed by atoms with van der Waals surface area (Å²) >= 11 is 0. The lowest BCUT2D eigenvalue weighted by Crippen LogP contribution is -2.36. The van der Waals surface area contributed by atoms with Gasteiger partial charge < -0.3 is 9.42 Å². The third kappa shape index (κ3) is 4.06. The minimum absolute atomic E-state index is 0.0923. The number of hydrogen-bond acceptors (Lipinski definition) is 4. The van der Waals surface area contributed by atoms with E-state index in [2.05, 4.69) is 10.5 Å². The fourth-order valence-electron chi connectivity index (χ4n) is 2.62. The van der Waals surface area contributed by atoms with E-state index in [1.54, 1.807) is 0 Å². The number of likely N-dealkylation sites (tertiary alicyclic amines) is 1. The quantitative estimate of drug-likeness (QED) is 0.873. The predicted molar refractivity (Wildman–Crippen MR) is 78.9 cm³/mol. The van der Waals surface area contributed by atoms with Crippen molar-refractivity contribution in [3.63, 3.8) is 0 Å². The van der Waals surface area contributed by atoms with Crippen LogP contribution in [0.5, 0.6) is 0 Å². The maximum Gasteiger partial charge on any atom is 0.234 e. The van der Waals surface area contributed by atoms with Gasteiger partial charge in [-0.1, -0.05) is 12.1 Å². The van der Waals surface area contributed by atoms with E-state index < -0.39 is 0 Å². The van der Waals surface area contributed by atoms with E-state index in [0.29, 0.717) is 31.7 Å². The van der Waals surface area contributed by atoms with Crippen molar-refractivity contribution in [2.24, 2.45) is 0 Å². The third-order valence-electron chi connectivity index (χ3n) is 3.84. The summed E-state index contributed by atoms with van der Waals surface area (Å²) in [5.41, 5.74) is 1.75. The summed E-state index contributed by atoms with van der Waals surface area (Å²) in [6.45, 7) is 5.33. The first-order valence-corrected chi connectivity index (χ1v) is 7.64. The van der Waals surface area contributed by atoms with Gasteiger partial charge in [0.05, 0.1) is 5.69 Å². The molecule has 1 N–H and O–H groups in total. The Labute approximate surface area is 124 Å². The van der Waals surface area contributed by atoms with Crippen LogP contribution < -0.4 is 5.32 Å². The number of aromatic nitrogens is 1. The number of piperidine rings is 1. The zero-order chi connectivity index (χ0) is 15.2. The molecule has 1 aromatic rings. The van der Waals surface area contributed by atoms with Crippen LogP contribution in [0.2, 0.25) is 0 Å². The molecule has 2 rings (SSSR count). The molecule has 6 heteroatoms. The number of carbonyl (C=O) groups is 2. The molecule has 116 valence electrons. The Bertz CT molecular complexity index is 510. The molecular formula is C15H23N3O3. The van der Waals surface area contributed by atoms with Crippen LogP contribution in [-0.2, 0) is 16.0 Å². The monoisotopic (exact) mass is 293 g/mol. The Hall–Kier alpha value is -1.85. The van der Waals surface area contributed by atoms with Crippen molar-refractivity contribution in [3.05, 3.63) is 11.3 Å². The molecule has 21 heavy (non-hydrogen) atoms. The van der Waals surface area contributed by atoms with Gasteiger partial charge >= 0.3 is 0 Å². The Morgan fingerprint density at radius 1 is 1.43 bits per heavy atom. The number of amides is 2. The minimum atomic E-state index is -0.0923. The van der Waals surface area contributed by atoms with E-state index in [4.69, 9.17) is 4.52 Å². The van der Waals surface area contributed by atoms with Crippen molar-refractivity contribution in [2.75, 3.05) is 18.4 Å². The van der Waals surface area contributed by atoms with Crippen molar-refractivity contribution in [2.45, 2.75) is 52.4 Å². The second kappa shape index (κ2) is 7.24. The summed E-state index contributed by atoms with van der Waals surface area (Å²) in [7, 11) is 0. The van der Waals surface area contributed by atoms with Crippen molar-refractivity contribution < 1.29 is 14.1 Å². The fraction of sp³-hybridized carbons (Fsp3) is 0.667. The van der Waals surface area contributed by atoms with E-state index >= 15 is 0 Å². The molecule has 0 bridgehead atoms. The van der Waals surface area contributed by atoms with Crippen LogP contribution >= 0.6 is 0 Å². The summed E-state index contributed by atoms with van der Waals surface area (Å²) in [6.07, 6.45) is 4.52. The van der Waals surface area contributed by atoms with Gasteiger partial charge in [0.1, 0.15) is 0 Å². The molecule has 0 atom stereocenters. The van der Waals surface area contributed by atoms with E-state index in [-0.39, 0.29) is 11.8 Å². The number of nitrogens with one attached hydrogen (secondary N) is 1. The van der Waals surface area contributed by atoms with Crippen LogP contribution in [0.3, 0.4) is 0 Å². The first-order valence-electron chi connectivity index (χ1n) is 7.64. The van der Waals surface area contributed by atoms with Crippen molar-refractivity contribution in [1.82, 2.24) is 10.1 Å². The summed E-state index contributed by atoms with van der Waals surface area (Å²) in [6, 6.07) is 0. The van der Waals surface area contributed by atoms with Gasteiger partial charge in [-0.2, -0.15) is 0 Å². The van der Waals surface area contributed by atoms with Gasteiger partial charge in [0, 0.05) is 31.5 Å². The highest BCUT2D eigenvalue weighted by Crippen LogP contribution is 2.20. The largest absolute Gasteiger partial charge is 0.343 e. The highest BCUT2D eigenvalue weighted by Gasteiger charge is 2.18. The van der Waals surface area contributed by atoms with Gasteiger partial charge in [0.25, 0.3) is 0 Å². The number of anilines is 1. The molecule has 1 saturated heterocycles. The number of hydrogen-bond donors (Lipinski definition) is 1. The zero-order valence-electron chi connectivity index (χ0n) is 12.8. The molecule has 1 aliphatic rings. The molecule has 2 amide bonds. The van der Waals surface area contributed by atoms with Crippen molar-refractivity contribution in [1.29, 1.82) is 0 Å². The Balaban J connectivity index is 1.75. The molecule has 0 aromatic carbocycles. The van der Waals surface area contributed by atoms with Crippen LogP contribution in [0.1, 0.15) is 50.3 Å². The predicted octanol–water partition coefficient (Wildman–Crippen LogP) is 2.28. The molecule has 0 unspecified atom stereocenters. The molecule has 0 saturated carbocycles. The van der Waals surface area contributed by atoms with Gasteiger partial charge in [-0.25, -0.2) is 0 Å². The second-order valence-corrected chi connectivity index (χ2v) is 5.42. The van der Waals surface area contributed by atoms with Crippen LogP contribution in [0.15, 0.2) is 4.52 Å². The van der Waals surface area contributed by atoms with E-state index in [1.807, 2.05) is 18.7 Å². The summed E-state index contributed by atoms with van der Waals surface area (Å²) < 4.78 is 5.12. The normalized spacial score (nSPS) is 15.3. The average Bonchev–Trinajstić information content (AvgIpc) is 2.81. The lowest BCUT2D eigenvalue weighted by Gasteiger charge is -2.26. The van der Waals surface area contributed by atoms with Crippen LogP contribution in [0.4, 0.5) is 5.88 Å².